The molecule has 0 heterocycles. The topological polar surface area (TPSA) is 85.5 Å². The fourth-order valence-corrected chi connectivity index (χ4v) is 0. The van der Waals surface area contributed by atoms with Crippen LogP contribution in [0.5, 0.6) is 0 Å². The van der Waals surface area contributed by atoms with Crippen LogP contribution in [0.15, 0.2) is 0 Å². The Hall–Kier alpha value is 3.07. The minimum absolute atomic E-state index is 0. The van der Waals surface area contributed by atoms with Crippen molar-refractivity contribution in [2.45, 2.75) is 0 Å². The van der Waals surface area contributed by atoms with Crippen molar-refractivity contribution in [3.05, 3.63) is 0 Å². The minimum Gasteiger partial charge on any atom is -2.00 e. The molecule has 0 aliphatic rings. The van der Waals surface area contributed by atoms with E-state index in [0.717, 1.165) is 0 Å². The molecule has 0 rings (SSSR count). The summed E-state index contributed by atoms with van der Waals surface area (Å²) in [6.07, 6.45) is 0. The van der Waals surface area contributed by atoms with E-state index in [1.165, 1.54) is 0 Å². The zero-order chi connectivity index (χ0) is 0. The van der Waals surface area contributed by atoms with Gasteiger partial charge in [0.15, 0.2) is 0 Å². The van der Waals surface area contributed by atoms with Crippen molar-refractivity contribution >= 4 is 21.9 Å². The van der Waals surface area contributed by atoms with Crippen molar-refractivity contribution in [1.82, 2.24) is 0 Å². The first-order valence-corrected chi connectivity index (χ1v) is 0. The van der Waals surface area contributed by atoms with Crippen molar-refractivity contribution in [1.29, 1.82) is 0 Å². The van der Waals surface area contributed by atoms with Crippen molar-refractivity contribution in [2.75, 3.05) is 0 Å². The van der Waals surface area contributed by atoms with Gasteiger partial charge in [0, 0.05) is 21.9 Å². The number of hydrogen-bond acceptors (Lipinski definition) is 0. The van der Waals surface area contributed by atoms with Gasteiger partial charge in [0.2, 0.25) is 0 Å². The van der Waals surface area contributed by atoms with Gasteiger partial charge in [-0.1, -0.05) is 0 Å². The molecule has 0 aromatic heterocycles. The molecule has 10 radical (unpaired) electrons. The molecule has 0 saturated carbocycles. The zero-order valence-electron chi connectivity index (χ0n) is 3.22. The van der Waals surface area contributed by atoms with Gasteiger partial charge in [-0.2, -0.15) is 0 Å². The Balaban J connectivity index is 0. The Kier molecular flexibility index (Phi) is 788. The molecule has 0 fully saturated rings. The average molecular weight is 384 g/mol. The molecule has 0 unspecified atom stereocenters. The van der Waals surface area contributed by atoms with Gasteiger partial charge in [0.05, 0.1) is 0 Å². The monoisotopic (exact) mass is 384 g/mol. The Morgan fingerprint density at radius 1 is 0.429 bits per heavy atom. The maximum absolute atomic E-state index is 0. The molecule has 0 spiro atoms. The molecule has 7 heavy (non-hydrogen) atoms. The van der Waals surface area contributed by atoms with Gasteiger partial charge in [0.1, 0.15) is 0 Å². The van der Waals surface area contributed by atoms with E-state index < -0.39 is 0 Å². The van der Waals surface area contributed by atoms with E-state index >= 15 is 0 Å². The van der Waals surface area contributed by atoms with Crippen LogP contribution in [-0.4, -0.2) is 21.9 Å². The van der Waals surface area contributed by atoms with E-state index in [-0.39, 0.29) is 122 Å². The maximum Gasteiger partial charge on any atom is 3.00 e. The quantitative estimate of drug-likeness (QED) is 0.474. The van der Waals surface area contributed by atoms with Crippen LogP contribution in [0.4, 0.5) is 0 Å². The maximum atomic E-state index is 0. The standard InChI is InChI=1S/2Ce.3O.2Si/q2*+3;3*-2;;. The molecular weight excluding hydrogens is 384 g/mol. The first-order chi connectivity index (χ1) is 0. The van der Waals surface area contributed by atoms with Crippen molar-refractivity contribution in [2.24, 2.45) is 0 Å². The van der Waals surface area contributed by atoms with Crippen molar-refractivity contribution < 1.29 is 99.9 Å². The van der Waals surface area contributed by atoms with Crippen molar-refractivity contribution in [3.8, 4) is 0 Å². The minimum atomic E-state index is 0. The average Bonchev–Trinajstić information content (AvgIpc) is 0. The first-order valence-electron chi connectivity index (χ1n) is 0. The van der Waals surface area contributed by atoms with Crippen LogP contribution < -0.4 is 0 Å². The second kappa shape index (κ2) is 62.7. The Morgan fingerprint density at radius 2 is 0.429 bits per heavy atom. The molecule has 0 atom stereocenters. The number of hydrogen-bond donors (Lipinski definition) is 0. The van der Waals surface area contributed by atoms with Gasteiger partial charge in [-0.05, 0) is 0 Å². The molecular formula is Ce2O3Si2. The van der Waals surface area contributed by atoms with E-state index in [0.29, 0.717) is 0 Å². The molecule has 0 aromatic rings. The van der Waals surface area contributed by atoms with Gasteiger partial charge in [-0.3, -0.25) is 0 Å². The predicted molar refractivity (Wildman–Crippen MR) is 13.6 cm³/mol. The smallest absolute Gasteiger partial charge is 2.00 e. The first kappa shape index (κ1) is 88.0. The van der Waals surface area contributed by atoms with Gasteiger partial charge >= 0.3 is 83.5 Å². The molecule has 0 aliphatic carbocycles. The second-order valence-electron chi connectivity index (χ2n) is 0. The van der Waals surface area contributed by atoms with Gasteiger partial charge < -0.3 is 16.4 Å². The van der Waals surface area contributed by atoms with E-state index in [2.05, 4.69) is 0 Å². The Labute approximate surface area is 119 Å². The Morgan fingerprint density at radius 3 is 0.429 bits per heavy atom. The molecule has 7 heteroatoms. The summed E-state index contributed by atoms with van der Waals surface area (Å²) < 4.78 is 0. The van der Waals surface area contributed by atoms with E-state index in [1.54, 1.807) is 0 Å². The van der Waals surface area contributed by atoms with Gasteiger partial charge in [0.25, 0.3) is 0 Å². The summed E-state index contributed by atoms with van der Waals surface area (Å²) in [6.45, 7) is 0. The fraction of sp³-hybridized carbons (Fsp3) is 0. The number of rotatable bonds is 0. The molecule has 0 amide bonds. The summed E-state index contributed by atoms with van der Waals surface area (Å²) in [7, 11) is 0. The summed E-state index contributed by atoms with van der Waals surface area (Å²) in [5.74, 6) is 0. The third-order valence-electron chi connectivity index (χ3n) is 0. The van der Waals surface area contributed by atoms with Gasteiger partial charge in [-0.25, -0.2) is 0 Å². The van der Waals surface area contributed by atoms with Crippen LogP contribution in [0, 0.1) is 83.5 Å². The summed E-state index contributed by atoms with van der Waals surface area (Å²) >= 11 is 0. The van der Waals surface area contributed by atoms with Crippen LogP contribution >= 0.6 is 0 Å². The SMILES string of the molecule is [Ce+3].[Ce+3].[O-2].[O-2].[O-2].[Si].[Si]. The molecule has 34 valence electrons. The van der Waals surface area contributed by atoms with Crippen LogP contribution in [0.1, 0.15) is 0 Å². The van der Waals surface area contributed by atoms with Crippen LogP contribution in [0.2, 0.25) is 0 Å². The normalized spacial score (nSPS) is 0. The van der Waals surface area contributed by atoms with Crippen LogP contribution in [0.25, 0.3) is 0 Å². The molecule has 0 aliphatic heterocycles. The molecule has 0 aromatic carbocycles. The molecule has 0 N–H and O–H groups in total. The Bertz CT molecular complexity index is 10.9. The summed E-state index contributed by atoms with van der Waals surface area (Å²) in [4.78, 5) is 0. The third kappa shape index (κ3) is 48.1. The third-order valence-corrected chi connectivity index (χ3v) is 0. The van der Waals surface area contributed by atoms with Crippen LogP contribution in [0.3, 0.4) is 0 Å². The van der Waals surface area contributed by atoms with Gasteiger partial charge in [-0.15, -0.1) is 0 Å². The van der Waals surface area contributed by atoms with Crippen LogP contribution in [-0.2, 0) is 16.4 Å². The molecule has 0 saturated heterocycles. The zero-order valence-corrected chi connectivity index (χ0v) is 11.5. The summed E-state index contributed by atoms with van der Waals surface area (Å²) in [5, 5.41) is 0. The largest absolute Gasteiger partial charge is 3.00 e. The molecule has 3 nitrogen and oxygen atoms in total. The predicted octanol–water partition coefficient (Wildman–Crippen LogP) is -1.12. The van der Waals surface area contributed by atoms with Crippen molar-refractivity contribution in [3.63, 3.8) is 0 Å². The fourth-order valence-electron chi connectivity index (χ4n) is 0. The summed E-state index contributed by atoms with van der Waals surface area (Å²) in [6, 6.07) is 0. The van der Waals surface area contributed by atoms with E-state index in [1.807, 2.05) is 0 Å². The summed E-state index contributed by atoms with van der Waals surface area (Å²) in [5.41, 5.74) is 0. The van der Waals surface area contributed by atoms with E-state index in [9.17, 15) is 0 Å². The molecule has 0 bridgehead atoms. The second-order valence-corrected chi connectivity index (χ2v) is 0. The van der Waals surface area contributed by atoms with E-state index in [4.69, 9.17) is 0 Å².